The highest BCUT2D eigenvalue weighted by molar-refractivity contribution is 5.66. The van der Waals surface area contributed by atoms with Crippen LogP contribution in [0, 0.1) is 0 Å². The van der Waals surface area contributed by atoms with E-state index in [1.807, 2.05) is 0 Å². The van der Waals surface area contributed by atoms with Gasteiger partial charge < -0.3 is 14.8 Å². The zero-order chi connectivity index (χ0) is 10.9. The number of nitrogens with zero attached hydrogens (tertiary/aromatic N) is 1. The van der Waals surface area contributed by atoms with Crippen molar-refractivity contribution >= 4 is 6.09 Å². The topological polar surface area (TPSA) is 50.8 Å². The predicted octanol–water partition coefficient (Wildman–Crippen LogP) is 0.455. The minimum absolute atomic E-state index is 0.320. The van der Waals surface area contributed by atoms with E-state index in [4.69, 9.17) is 9.47 Å². The van der Waals surface area contributed by atoms with Crippen molar-refractivity contribution in [3.8, 4) is 0 Å². The Kier molecular flexibility index (Phi) is 6.11. The van der Waals surface area contributed by atoms with Gasteiger partial charge in [-0.05, 0) is 19.9 Å². The molecule has 0 aromatic carbocycles. The highest BCUT2D eigenvalue weighted by Crippen LogP contribution is 1.97. The van der Waals surface area contributed by atoms with Gasteiger partial charge in [-0.1, -0.05) is 0 Å². The molecule has 0 atom stereocenters. The van der Waals surface area contributed by atoms with Gasteiger partial charge >= 0.3 is 6.09 Å². The molecule has 5 nitrogen and oxygen atoms in total. The van der Waals surface area contributed by atoms with E-state index in [1.165, 1.54) is 0 Å². The number of amides is 1. The molecular formula is C10H20N2O3. The van der Waals surface area contributed by atoms with E-state index in [9.17, 15) is 4.79 Å². The number of hydrogen-bond acceptors (Lipinski definition) is 4. The highest BCUT2D eigenvalue weighted by Gasteiger charge is 2.09. The summed E-state index contributed by atoms with van der Waals surface area (Å²) < 4.78 is 10.00. The number of nitrogens with one attached hydrogen (secondary N) is 1. The summed E-state index contributed by atoms with van der Waals surface area (Å²) in [4.78, 5) is 13.3. The fraction of sp³-hybridized carbons (Fsp3) is 0.900. The molecule has 15 heavy (non-hydrogen) atoms. The molecule has 1 heterocycles. The summed E-state index contributed by atoms with van der Waals surface area (Å²) in [7, 11) is 0. The van der Waals surface area contributed by atoms with Gasteiger partial charge in [0.2, 0.25) is 0 Å². The van der Waals surface area contributed by atoms with Crippen LogP contribution >= 0.6 is 0 Å². The third-order valence-corrected chi connectivity index (χ3v) is 2.30. The Balaban J connectivity index is 1.93. The van der Waals surface area contributed by atoms with Gasteiger partial charge in [-0.2, -0.15) is 0 Å². The molecular weight excluding hydrogens is 196 g/mol. The Bertz CT molecular complexity index is 182. The maximum absolute atomic E-state index is 10.9. The number of alkyl carbamates (subject to hydrolysis) is 1. The first kappa shape index (κ1) is 12.3. The molecule has 0 radical (unpaired) electrons. The van der Waals surface area contributed by atoms with E-state index in [1.54, 1.807) is 6.92 Å². The summed E-state index contributed by atoms with van der Waals surface area (Å²) >= 11 is 0. The summed E-state index contributed by atoms with van der Waals surface area (Å²) in [6, 6.07) is 0. The molecule has 0 saturated carbocycles. The van der Waals surface area contributed by atoms with Gasteiger partial charge in [-0.3, -0.25) is 4.90 Å². The van der Waals surface area contributed by atoms with Crippen molar-refractivity contribution < 1.29 is 14.3 Å². The summed E-state index contributed by atoms with van der Waals surface area (Å²) in [6.07, 6.45) is 0.637. The summed E-state index contributed by atoms with van der Waals surface area (Å²) in [6.45, 7) is 7.56. The quantitative estimate of drug-likeness (QED) is 0.678. The SMILES string of the molecule is CCOC(=O)NCCCN1CCOCC1. The van der Waals surface area contributed by atoms with E-state index in [0.29, 0.717) is 13.2 Å². The lowest BCUT2D eigenvalue weighted by molar-refractivity contribution is 0.0374. The molecule has 1 aliphatic heterocycles. The summed E-state index contributed by atoms with van der Waals surface area (Å²) in [5.41, 5.74) is 0. The van der Waals surface area contributed by atoms with E-state index in [-0.39, 0.29) is 6.09 Å². The van der Waals surface area contributed by atoms with Gasteiger partial charge in [0.1, 0.15) is 0 Å². The van der Waals surface area contributed by atoms with Crippen molar-refractivity contribution in [2.45, 2.75) is 13.3 Å². The minimum atomic E-state index is -0.320. The second-order valence-corrected chi connectivity index (χ2v) is 3.45. The fourth-order valence-corrected chi connectivity index (χ4v) is 1.50. The van der Waals surface area contributed by atoms with Crippen LogP contribution in [-0.2, 0) is 9.47 Å². The van der Waals surface area contributed by atoms with Crippen LogP contribution in [0.5, 0.6) is 0 Å². The average molecular weight is 216 g/mol. The number of morpholine rings is 1. The van der Waals surface area contributed by atoms with Crippen molar-refractivity contribution in [1.29, 1.82) is 0 Å². The lowest BCUT2D eigenvalue weighted by atomic mass is 10.3. The Morgan fingerprint density at radius 2 is 2.20 bits per heavy atom. The second kappa shape index (κ2) is 7.48. The summed E-state index contributed by atoms with van der Waals surface area (Å²) in [5, 5.41) is 2.70. The number of ether oxygens (including phenoxy) is 2. The molecule has 5 heteroatoms. The third-order valence-electron chi connectivity index (χ3n) is 2.30. The largest absolute Gasteiger partial charge is 0.450 e. The monoisotopic (exact) mass is 216 g/mol. The van der Waals surface area contributed by atoms with Crippen LogP contribution in [0.25, 0.3) is 0 Å². The number of rotatable bonds is 5. The Hall–Kier alpha value is -0.810. The van der Waals surface area contributed by atoms with Crippen LogP contribution in [0.1, 0.15) is 13.3 Å². The van der Waals surface area contributed by atoms with Crippen molar-refractivity contribution in [3.63, 3.8) is 0 Å². The molecule has 88 valence electrons. The molecule has 0 unspecified atom stereocenters. The Labute approximate surface area is 90.7 Å². The van der Waals surface area contributed by atoms with Crippen LogP contribution < -0.4 is 5.32 Å². The van der Waals surface area contributed by atoms with E-state index in [0.717, 1.165) is 39.3 Å². The molecule has 1 saturated heterocycles. The highest BCUT2D eigenvalue weighted by atomic mass is 16.5. The standard InChI is InChI=1S/C10H20N2O3/c1-2-15-10(13)11-4-3-5-12-6-8-14-9-7-12/h2-9H2,1H3,(H,11,13). The molecule has 1 aliphatic rings. The van der Waals surface area contributed by atoms with Crippen LogP contribution in [0.2, 0.25) is 0 Å². The predicted molar refractivity (Wildman–Crippen MR) is 56.9 cm³/mol. The maximum atomic E-state index is 10.9. The average Bonchev–Trinajstić information content (AvgIpc) is 2.26. The number of carbonyl (C=O) groups is 1. The molecule has 1 N–H and O–H groups in total. The van der Waals surface area contributed by atoms with Gasteiger partial charge in [0, 0.05) is 19.6 Å². The number of hydrogen-bond donors (Lipinski definition) is 1. The Morgan fingerprint density at radius 3 is 2.87 bits per heavy atom. The van der Waals surface area contributed by atoms with Crippen molar-refractivity contribution in [1.82, 2.24) is 10.2 Å². The first-order chi connectivity index (χ1) is 7.33. The van der Waals surface area contributed by atoms with Crippen molar-refractivity contribution in [2.75, 3.05) is 46.0 Å². The van der Waals surface area contributed by atoms with Gasteiger partial charge in [0.05, 0.1) is 19.8 Å². The third kappa shape index (κ3) is 5.59. The van der Waals surface area contributed by atoms with Crippen LogP contribution in [-0.4, -0.2) is 57.0 Å². The van der Waals surface area contributed by atoms with E-state index < -0.39 is 0 Å². The van der Waals surface area contributed by atoms with Gasteiger partial charge in [-0.15, -0.1) is 0 Å². The normalized spacial score (nSPS) is 17.4. The zero-order valence-corrected chi connectivity index (χ0v) is 9.33. The van der Waals surface area contributed by atoms with E-state index >= 15 is 0 Å². The van der Waals surface area contributed by atoms with E-state index in [2.05, 4.69) is 10.2 Å². The van der Waals surface area contributed by atoms with Crippen LogP contribution in [0.4, 0.5) is 4.79 Å². The molecule has 0 aromatic rings. The zero-order valence-electron chi connectivity index (χ0n) is 9.33. The molecule has 0 aliphatic carbocycles. The molecule has 1 amide bonds. The van der Waals surface area contributed by atoms with Gasteiger partial charge in [0.15, 0.2) is 0 Å². The first-order valence-corrected chi connectivity index (χ1v) is 5.53. The molecule has 1 rings (SSSR count). The molecule has 0 spiro atoms. The number of carbonyl (C=O) groups excluding carboxylic acids is 1. The van der Waals surface area contributed by atoms with Crippen LogP contribution in [0.15, 0.2) is 0 Å². The minimum Gasteiger partial charge on any atom is -0.450 e. The molecule has 0 aromatic heterocycles. The first-order valence-electron chi connectivity index (χ1n) is 5.53. The maximum Gasteiger partial charge on any atom is 0.407 e. The molecule has 1 fully saturated rings. The Morgan fingerprint density at radius 1 is 1.47 bits per heavy atom. The fourth-order valence-electron chi connectivity index (χ4n) is 1.50. The smallest absolute Gasteiger partial charge is 0.407 e. The van der Waals surface area contributed by atoms with Gasteiger partial charge in [-0.25, -0.2) is 4.79 Å². The van der Waals surface area contributed by atoms with Crippen LogP contribution in [0.3, 0.4) is 0 Å². The van der Waals surface area contributed by atoms with Gasteiger partial charge in [0.25, 0.3) is 0 Å². The lowest BCUT2D eigenvalue weighted by Crippen LogP contribution is -2.38. The van der Waals surface area contributed by atoms with Crippen molar-refractivity contribution in [3.05, 3.63) is 0 Å². The molecule has 0 bridgehead atoms. The van der Waals surface area contributed by atoms with Crippen molar-refractivity contribution in [2.24, 2.45) is 0 Å². The summed E-state index contributed by atoms with van der Waals surface area (Å²) in [5.74, 6) is 0. The second-order valence-electron chi connectivity index (χ2n) is 3.45. The lowest BCUT2D eigenvalue weighted by Gasteiger charge is -2.26.